The third-order valence-corrected chi connectivity index (χ3v) is 3.02. The molecule has 13 heavy (non-hydrogen) atoms. The van der Waals surface area contributed by atoms with Crippen LogP contribution in [-0.4, -0.2) is 12.1 Å². The smallest absolute Gasteiger partial charge is 0.0173 e. The van der Waals surface area contributed by atoms with Crippen LogP contribution in [0.25, 0.3) is 0 Å². The fourth-order valence-electron chi connectivity index (χ4n) is 1.58. The Morgan fingerprint density at radius 3 is 1.46 bits per heavy atom. The Labute approximate surface area is 84.3 Å². The lowest BCUT2D eigenvalue weighted by molar-refractivity contribution is 0.243. The van der Waals surface area contributed by atoms with Crippen LogP contribution in [0.3, 0.4) is 0 Å². The van der Waals surface area contributed by atoms with E-state index < -0.39 is 0 Å². The topological polar surface area (TPSA) is 12.0 Å². The highest BCUT2D eigenvalue weighted by Gasteiger charge is 2.24. The number of hydrogen-bond acceptors (Lipinski definition) is 1. The van der Waals surface area contributed by atoms with Crippen molar-refractivity contribution in [3.63, 3.8) is 0 Å². The molecule has 0 amide bonds. The van der Waals surface area contributed by atoms with Crippen LogP contribution < -0.4 is 5.32 Å². The first-order valence-electron chi connectivity index (χ1n) is 5.64. The highest BCUT2D eigenvalue weighted by atomic mass is 15.0. The third-order valence-electron chi connectivity index (χ3n) is 3.02. The monoisotopic (exact) mass is 185 g/mol. The Kier molecular flexibility index (Phi) is 4.98. The number of nitrogens with one attached hydrogen (secondary N) is 1. The average molecular weight is 185 g/mol. The molecular formula is C12H27N. The predicted octanol–water partition coefficient (Wildman–Crippen LogP) is 3.59. The SMILES string of the molecule is CCC(CC)(CC)NCC(C)(C)C. The van der Waals surface area contributed by atoms with Gasteiger partial charge in [0.15, 0.2) is 0 Å². The summed E-state index contributed by atoms with van der Waals surface area (Å²) in [6, 6.07) is 0. The number of rotatable bonds is 5. The molecule has 0 aliphatic rings. The minimum atomic E-state index is 0.382. The van der Waals surface area contributed by atoms with Crippen molar-refractivity contribution in [3.05, 3.63) is 0 Å². The molecule has 0 radical (unpaired) electrons. The maximum Gasteiger partial charge on any atom is 0.0173 e. The van der Waals surface area contributed by atoms with Gasteiger partial charge in [0.1, 0.15) is 0 Å². The van der Waals surface area contributed by atoms with E-state index in [0.29, 0.717) is 11.0 Å². The second kappa shape index (κ2) is 4.99. The second-order valence-corrected chi connectivity index (χ2v) is 5.26. The van der Waals surface area contributed by atoms with Crippen LogP contribution in [0.15, 0.2) is 0 Å². The summed E-state index contributed by atoms with van der Waals surface area (Å²) >= 11 is 0. The molecule has 0 aromatic heterocycles. The normalized spacial score (nSPS) is 13.4. The van der Waals surface area contributed by atoms with Crippen molar-refractivity contribution in [2.75, 3.05) is 6.54 Å². The van der Waals surface area contributed by atoms with Gasteiger partial charge in [-0.3, -0.25) is 0 Å². The van der Waals surface area contributed by atoms with E-state index in [1.54, 1.807) is 0 Å². The summed E-state index contributed by atoms with van der Waals surface area (Å²) in [6.45, 7) is 14.8. The van der Waals surface area contributed by atoms with Crippen LogP contribution in [0.1, 0.15) is 60.8 Å². The van der Waals surface area contributed by atoms with Crippen LogP contribution in [0.4, 0.5) is 0 Å². The summed E-state index contributed by atoms with van der Waals surface area (Å²) < 4.78 is 0. The molecule has 0 heterocycles. The maximum atomic E-state index is 3.72. The van der Waals surface area contributed by atoms with Crippen LogP contribution in [0, 0.1) is 5.41 Å². The van der Waals surface area contributed by atoms with E-state index in [1.165, 1.54) is 19.3 Å². The average Bonchev–Trinajstić information content (AvgIpc) is 2.06. The molecule has 0 saturated carbocycles. The first-order valence-corrected chi connectivity index (χ1v) is 5.64. The molecule has 0 spiro atoms. The summed E-state index contributed by atoms with van der Waals surface area (Å²) in [5, 5.41) is 3.72. The third kappa shape index (κ3) is 4.66. The number of hydrogen-bond donors (Lipinski definition) is 1. The quantitative estimate of drug-likeness (QED) is 0.690. The Morgan fingerprint density at radius 1 is 0.846 bits per heavy atom. The van der Waals surface area contributed by atoms with Crippen molar-refractivity contribution >= 4 is 0 Å². The van der Waals surface area contributed by atoms with Gasteiger partial charge in [0, 0.05) is 12.1 Å². The minimum Gasteiger partial charge on any atom is -0.311 e. The summed E-state index contributed by atoms with van der Waals surface area (Å²) in [6.07, 6.45) is 3.70. The molecule has 0 fully saturated rings. The molecule has 0 aromatic rings. The summed E-state index contributed by atoms with van der Waals surface area (Å²) in [7, 11) is 0. The zero-order valence-corrected chi connectivity index (χ0v) is 10.3. The van der Waals surface area contributed by atoms with Gasteiger partial charge in [-0.15, -0.1) is 0 Å². The van der Waals surface area contributed by atoms with Gasteiger partial charge in [-0.1, -0.05) is 41.5 Å². The standard InChI is InChI=1S/C12H27N/c1-7-12(8-2,9-3)13-10-11(4,5)6/h13H,7-10H2,1-6H3. The molecule has 0 aliphatic carbocycles. The van der Waals surface area contributed by atoms with Gasteiger partial charge in [-0.25, -0.2) is 0 Å². The van der Waals surface area contributed by atoms with Crippen LogP contribution in [0.5, 0.6) is 0 Å². The van der Waals surface area contributed by atoms with E-state index in [9.17, 15) is 0 Å². The predicted molar refractivity (Wildman–Crippen MR) is 61.1 cm³/mol. The van der Waals surface area contributed by atoms with Gasteiger partial charge in [-0.2, -0.15) is 0 Å². The first kappa shape index (κ1) is 13.0. The van der Waals surface area contributed by atoms with Crippen molar-refractivity contribution < 1.29 is 0 Å². The lowest BCUT2D eigenvalue weighted by Crippen LogP contribution is -2.47. The van der Waals surface area contributed by atoms with Gasteiger partial charge in [0.2, 0.25) is 0 Å². The molecule has 80 valence electrons. The van der Waals surface area contributed by atoms with Crippen LogP contribution >= 0.6 is 0 Å². The highest BCUT2D eigenvalue weighted by Crippen LogP contribution is 2.21. The van der Waals surface area contributed by atoms with Gasteiger partial charge in [0.05, 0.1) is 0 Å². The lowest BCUT2D eigenvalue weighted by Gasteiger charge is -2.35. The molecule has 0 rings (SSSR count). The highest BCUT2D eigenvalue weighted by molar-refractivity contribution is 4.85. The summed E-state index contributed by atoms with van der Waals surface area (Å²) in [5.41, 5.74) is 0.776. The lowest BCUT2D eigenvalue weighted by atomic mass is 9.87. The molecule has 0 bridgehead atoms. The fraction of sp³-hybridized carbons (Fsp3) is 1.00. The molecular weight excluding hydrogens is 158 g/mol. The largest absolute Gasteiger partial charge is 0.311 e. The van der Waals surface area contributed by atoms with Crippen molar-refractivity contribution in [3.8, 4) is 0 Å². The molecule has 0 unspecified atom stereocenters. The van der Waals surface area contributed by atoms with Crippen molar-refractivity contribution in [2.24, 2.45) is 5.41 Å². The Bertz CT molecular complexity index is 120. The summed E-state index contributed by atoms with van der Waals surface area (Å²) in [4.78, 5) is 0. The maximum absolute atomic E-state index is 3.72. The zero-order chi connectivity index (χ0) is 10.5. The molecule has 1 heteroatoms. The summed E-state index contributed by atoms with van der Waals surface area (Å²) in [5.74, 6) is 0. The van der Waals surface area contributed by atoms with Gasteiger partial charge in [-0.05, 0) is 24.7 Å². The van der Waals surface area contributed by atoms with Crippen LogP contribution in [0.2, 0.25) is 0 Å². The Balaban J connectivity index is 4.11. The van der Waals surface area contributed by atoms with E-state index >= 15 is 0 Å². The minimum absolute atomic E-state index is 0.382. The van der Waals surface area contributed by atoms with E-state index in [0.717, 1.165) is 6.54 Å². The molecule has 0 saturated heterocycles. The molecule has 1 nitrogen and oxygen atoms in total. The van der Waals surface area contributed by atoms with Crippen molar-refractivity contribution in [2.45, 2.75) is 66.3 Å². The Morgan fingerprint density at radius 2 is 1.23 bits per heavy atom. The van der Waals surface area contributed by atoms with E-state index in [4.69, 9.17) is 0 Å². The van der Waals surface area contributed by atoms with E-state index in [1.807, 2.05) is 0 Å². The first-order chi connectivity index (χ1) is 5.89. The molecule has 0 aliphatic heterocycles. The van der Waals surface area contributed by atoms with E-state index in [-0.39, 0.29) is 0 Å². The Hall–Kier alpha value is -0.0400. The van der Waals surface area contributed by atoms with Gasteiger partial charge >= 0.3 is 0 Å². The van der Waals surface area contributed by atoms with Crippen molar-refractivity contribution in [1.82, 2.24) is 5.32 Å². The van der Waals surface area contributed by atoms with Crippen molar-refractivity contribution in [1.29, 1.82) is 0 Å². The van der Waals surface area contributed by atoms with Gasteiger partial charge < -0.3 is 5.32 Å². The van der Waals surface area contributed by atoms with Crippen LogP contribution in [-0.2, 0) is 0 Å². The van der Waals surface area contributed by atoms with Gasteiger partial charge in [0.25, 0.3) is 0 Å². The molecule has 0 aromatic carbocycles. The molecule has 0 atom stereocenters. The fourth-order valence-corrected chi connectivity index (χ4v) is 1.58. The zero-order valence-electron chi connectivity index (χ0n) is 10.3. The second-order valence-electron chi connectivity index (χ2n) is 5.26. The molecule has 1 N–H and O–H groups in total. The van der Waals surface area contributed by atoms with E-state index in [2.05, 4.69) is 46.9 Å².